The molecule has 4 nitrogen and oxygen atoms in total. The van der Waals surface area contributed by atoms with Crippen LogP contribution in [-0.4, -0.2) is 36.3 Å². The molecule has 0 spiro atoms. The van der Waals surface area contributed by atoms with Gasteiger partial charge in [0.25, 0.3) is 0 Å². The second kappa shape index (κ2) is 6.07. The van der Waals surface area contributed by atoms with Crippen molar-refractivity contribution in [1.29, 1.82) is 0 Å². The first-order valence-corrected chi connectivity index (χ1v) is 9.80. The van der Waals surface area contributed by atoms with Gasteiger partial charge >= 0.3 is 0 Å². The van der Waals surface area contributed by atoms with Crippen molar-refractivity contribution in [3.8, 4) is 10.6 Å². The lowest BCUT2D eigenvalue weighted by Gasteiger charge is -2.25. The molecular weight excluding hydrogens is 330 g/mol. The van der Waals surface area contributed by atoms with Crippen LogP contribution in [0.2, 0.25) is 0 Å². The standard InChI is InChI=1S/C20H21N3OS/c1-13-11-17(18-12-21-20(25-18)23-7-9-24-10-8-23)22-19-15(13)3-2-4-16(19)14-5-6-14/h2-4,11-12,14H,5-10H2,1H3. The molecule has 5 rings (SSSR count). The molecule has 0 N–H and O–H groups in total. The van der Waals surface area contributed by atoms with Gasteiger partial charge in [-0.2, -0.15) is 0 Å². The Hall–Kier alpha value is -1.98. The number of fused-ring (bicyclic) bond motifs is 1. The minimum absolute atomic E-state index is 0.705. The fraction of sp³-hybridized carbons (Fsp3) is 0.400. The number of benzene rings is 1. The highest BCUT2D eigenvalue weighted by Gasteiger charge is 2.26. The van der Waals surface area contributed by atoms with Crippen molar-refractivity contribution in [2.75, 3.05) is 31.2 Å². The molecule has 1 saturated heterocycles. The Morgan fingerprint density at radius 2 is 2.04 bits per heavy atom. The molecule has 128 valence electrons. The largest absolute Gasteiger partial charge is 0.378 e. The van der Waals surface area contributed by atoms with Crippen molar-refractivity contribution in [3.05, 3.63) is 41.6 Å². The van der Waals surface area contributed by atoms with Gasteiger partial charge in [0, 0.05) is 24.7 Å². The van der Waals surface area contributed by atoms with E-state index in [2.05, 4.69) is 41.1 Å². The maximum atomic E-state index is 5.44. The number of aromatic nitrogens is 2. The minimum Gasteiger partial charge on any atom is -0.378 e. The van der Waals surface area contributed by atoms with Gasteiger partial charge in [0.15, 0.2) is 5.13 Å². The second-order valence-corrected chi connectivity index (χ2v) is 7.96. The Balaban J connectivity index is 1.56. The molecule has 3 aromatic rings. The Labute approximate surface area is 151 Å². The summed E-state index contributed by atoms with van der Waals surface area (Å²) in [6.07, 6.45) is 4.57. The van der Waals surface area contributed by atoms with Crippen LogP contribution < -0.4 is 4.90 Å². The van der Waals surface area contributed by atoms with E-state index >= 15 is 0 Å². The summed E-state index contributed by atoms with van der Waals surface area (Å²) in [5.41, 5.74) is 4.95. The molecule has 0 radical (unpaired) electrons. The summed E-state index contributed by atoms with van der Waals surface area (Å²) in [5, 5.41) is 2.36. The van der Waals surface area contributed by atoms with E-state index in [0.29, 0.717) is 5.92 Å². The fourth-order valence-electron chi connectivity index (χ4n) is 3.57. The smallest absolute Gasteiger partial charge is 0.186 e. The first-order chi connectivity index (χ1) is 12.3. The quantitative estimate of drug-likeness (QED) is 0.702. The van der Waals surface area contributed by atoms with Gasteiger partial charge in [0.2, 0.25) is 0 Å². The molecule has 1 aliphatic carbocycles. The highest BCUT2D eigenvalue weighted by Crippen LogP contribution is 2.43. The molecule has 0 amide bonds. The van der Waals surface area contributed by atoms with E-state index in [1.165, 1.54) is 34.9 Å². The summed E-state index contributed by atoms with van der Waals surface area (Å²) < 4.78 is 5.44. The van der Waals surface area contributed by atoms with Crippen molar-refractivity contribution >= 4 is 27.4 Å². The van der Waals surface area contributed by atoms with Crippen LogP contribution in [0.1, 0.15) is 29.9 Å². The van der Waals surface area contributed by atoms with Crippen molar-refractivity contribution in [3.63, 3.8) is 0 Å². The van der Waals surface area contributed by atoms with Gasteiger partial charge in [-0.15, -0.1) is 0 Å². The topological polar surface area (TPSA) is 38.2 Å². The van der Waals surface area contributed by atoms with E-state index in [9.17, 15) is 0 Å². The average Bonchev–Trinajstić information content (AvgIpc) is 3.38. The lowest BCUT2D eigenvalue weighted by Crippen LogP contribution is -2.36. The number of thiazole rings is 1. The maximum Gasteiger partial charge on any atom is 0.186 e. The van der Waals surface area contributed by atoms with Crippen LogP contribution >= 0.6 is 11.3 Å². The Kier molecular flexibility index (Phi) is 3.71. The lowest BCUT2D eigenvalue weighted by atomic mass is 10.0. The van der Waals surface area contributed by atoms with Gasteiger partial charge in [0.05, 0.1) is 29.3 Å². The molecule has 5 heteroatoms. The molecule has 1 aromatic carbocycles. The van der Waals surface area contributed by atoms with Crippen LogP contribution in [0, 0.1) is 6.92 Å². The number of para-hydroxylation sites is 1. The van der Waals surface area contributed by atoms with Crippen LogP contribution in [-0.2, 0) is 4.74 Å². The first kappa shape index (κ1) is 15.3. The molecular formula is C20H21N3OS. The van der Waals surface area contributed by atoms with Crippen LogP contribution in [0.25, 0.3) is 21.5 Å². The summed E-state index contributed by atoms with van der Waals surface area (Å²) in [6, 6.07) is 8.82. The minimum atomic E-state index is 0.705. The molecule has 3 heterocycles. The highest BCUT2D eigenvalue weighted by atomic mass is 32.1. The summed E-state index contributed by atoms with van der Waals surface area (Å²) in [5.74, 6) is 0.705. The van der Waals surface area contributed by atoms with Gasteiger partial charge in [-0.1, -0.05) is 29.5 Å². The van der Waals surface area contributed by atoms with E-state index in [1.807, 2.05) is 6.20 Å². The maximum absolute atomic E-state index is 5.44. The number of pyridine rings is 1. The van der Waals surface area contributed by atoms with Gasteiger partial charge in [-0.25, -0.2) is 9.97 Å². The molecule has 0 atom stereocenters. The molecule has 1 saturated carbocycles. The van der Waals surface area contributed by atoms with E-state index in [-0.39, 0.29) is 0 Å². The van der Waals surface area contributed by atoms with E-state index < -0.39 is 0 Å². The molecule has 25 heavy (non-hydrogen) atoms. The number of hydrogen-bond acceptors (Lipinski definition) is 5. The average molecular weight is 351 g/mol. The monoisotopic (exact) mass is 351 g/mol. The number of nitrogens with zero attached hydrogens (tertiary/aromatic N) is 3. The zero-order valence-corrected chi connectivity index (χ0v) is 15.2. The summed E-state index contributed by atoms with van der Waals surface area (Å²) in [7, 11) is 0. The third-order valence-corrected chi connectivity index (χ3v) is 6.20. The van der Waals surface area contributed by atoms with Crippen LogP contribution in [0.3, 0.4) is 0 Å². The van der Waals surface area contributed by atoms with E-state index in [0.717, 1.165) is 42.0 Å². The molecule has 2 fully saturated rings. The third kappa shape index (κ3) is 2.81. The summed E-state index contributed by atoms with van der Waals surface area (Å²) in [4.78, 5) is 13.2. The number of morpholine rings is 1. The van der Waals surface area contributed by atoms with Crippen molar-refractivity contribution < 1.29 is 4.74 Å². The number of hydrogen-bond donors (Lipinski definition) is 0. The normalized spacial score (nSPS) is 18.0. The Bertz CT molecular complexity index is 926. The van der Waals surface area contributed by atoms with Gasteiger partial charge < -0.3 is 9.64 Å². The molecule has 2 aromatic heterocycles. The zero-order valence-electron chi connectivity index (χ0n) is 14.4. The SMILES string of the molecule is Cc1cc(-c2cnc(N3CCOCC3)s2)nc2c(C3CC3)cccc12. The van der Waals surface area contributed by atoms with Gasteiger partial charge in [-0.05, 0) is 42.9 Å². The molecule has 0 bridgehead atoms. The molecule has 0 unspecified atom stereocenters. The number of rotatable bonds is 3. The molecule has 1 aliphatic heterocycles. The van der Waals surface area contributed by atoms with Crippen LogP contribution in [0.15, 0.2) is 30.5 Å². The second-order valence-electron chi connectivity index (χ2n) is 6.95. The van der Waals surface area contributed by atoms with Crippen LogP contribution in [0.5, 0.6) is 0 Å². The lowest BCUT2D eigenvalue weighted by molar-refractivity contribution is 0.122. The van der Waals surface area contributed by atoms with Gasteiger partial charge in [-0.3, -0.25) is 0 Å². The Morgan fingerprint density at radius 1 is 1.20 bits per heavy atom. The fourth-order valence-corrected chi connectivity index (χ4v) is 4.50. The summed E-state index contributed by atoms with van der Waals surface area (Å²) >= 11 is 1.74. The number of anilines is 1. The van der Waals surface area contributed by atoms with Crippen molar-refractivity contribution in [2.45, 2.75) is 25.7 Å². The van der Waals surface area contributed by atoms with E-state index in [4.69, 9.17) is 9.72 Å². The van der Waals surface area contributed by atoms with Gasteiger partial charge in [0.1, 0.15) is 0 Å². The predicted octanol–water partition coefficient (Wildman–Crippen LogP) is 4.38. The zero-order chi connectivity index (χ0) is 16.8. The highest BCUT2D eigenvalue weighted by molar-refractivity contribution is 7.18. The van der Waals surface area contributed by atoms with Crippen molar-refractivity contribution in [1.82, 2.24) is 9.97 Å². The number of ether oxygens (including phenoxy) is 1. The van der Waals surface area contributed by atoms with Crippen LogP contribution in [0.4, 0.5) is 5.13 Å². The summed E-state index contributed by atoms with van der Waals surface area (Å²) in [6.45, 7) is 5.60. The van der Waals surface area contributed by atoms with E-state index in [1.54, 1.807) is 11.3 Å². The Morgan fingerprint density at radius 3 is 2.84 bits per heavy atom. The third-order valence-electron chi connectivity index (χ3n) is 5.12. The molecule has 2 aliphatic rings. The van der Waals surface area contributed by atoms with Crippen molar-refractivity contribution in [2.24, 2.45) is 0 Å². The predicted molar refractivity (Wildman–Crippen MR) is 103 cm³/mol. The first-order valence-electron chi connectivity index (χ1n) is 8.99. The number of aryl methyl sites for hydroxylation is 1.